The van der Waals surface area contributed by atoms with E-state index in [1.807, 2.05) is 0 Å². The first kappa shape index (κ1) is 15.6. The Balaban J connectivity index is 1.75. The molecule has 0 spiro atoms. The first-order valence-corrected chi connectivity index (χ1v) is 7.67. The summed E-state index contributed by atoms with van der Waals surface area (Å²) in [5, 5.41) is 4.32. The summed E-state index contributed by atoms with van der Waals surface area (Å²) in [5.74, 6) is -0.464. The van der Waals surface area contributed by atoms with E-state index in [2.05, 4.69) is 5.10 Å². The molecule has 3 rings (SSSR count). The number of esters is 1. The van der Waals surface area contributed by atoms with Gasteiger partial charge in [0.05, 0.1) is 16.8 Å². The fourth-order valence-corrected chi connectivity index (χ4v) is 2.73. The highest BCUT2D eigenvalue weighted by Crippen LogP contribution is 2.27. The fourth-order valence-electron chi connectivity index (χ4n) is 2.53. The number of ether oxygens (including phenoxy) is 1. The van der Waals surface area contributed by atoms with Crippen LogP contribution in [0.3, 0.4) is 0 Å². The topological polar surface area (TPSA) is 64.4 Å². The van der Waals surface area contributed by atoms with Gasteiger partial charge in [-0.05, 0) is 24.6 Å². The number of carbonyl (C=O) groups excluding carboxylic acids is 2. The molecule has 1 aliphatic heterocycles. The number of amides is 1. The minimum atomic E-state index is -0.521. The SMILES string of the molecule is Cn1cc(COC(=O)c2cc(N3CCCC3=O)ccc2Cl)cn1. The van der Waals surface area contributed by atoms with E-state index >= 15 is 0 Å². The monoisotopic (exact) mass is 333 g/mol. The van der Waals surface area contributed by atoms with Gasteiger partial charge in [-0.3, -0.25) is 9.48 Å². The number of rotatable bonds is 4. The predicted octanol–water partition coefficient (Wildman–Crippen LogP) is 2.56. The van der Waals surface area contributed by atoms with Crippen LogP contribution in [0.15, 0.2) is 30.6 Å². The van der Waals surface area contributed by atoms with Crippen molar-refractivity contribution in [1.29, 1.82) is 0 Å². The van der Waals surface area contributed by atoms with Crippen molar-refractivity contribution in [3.8, 4) is 0 Å². The normalized spacial score (nSPS) is 14.3. The average Bonchev–Trinajstić information content (AvgIpc) is 3.14. The highest BCUT2D eigenvalue weighted by Gasteiger charge is 2.23. The van der Waals surface area contributed by atoms with Gasteiger partial charge < -0.3 is 9.64 Å². The minimum absolute atomic E-state index is 0.0574. The maximum absolute atomic E-state index is 12.3. The second kappa shape index (κ2) is 6.42. The lowest BCUT2D eigenvalue weighted by molar-refractivity contribution is -0.117. The fraction of sp³-hybridized carbons (Fsp3) is 0.312. The Kier molecular flexibility index (Phi) is 4.34. The largest absolute Gasteiger partial charge is 0.457 e. The van der Waals surface area contributed by atoms with E-state index in [0.29, 0.717) is 23.7 Å². The molecule has 0 aliphatic carbocycles. The van der Waals surface area contributed by atoms with Gasteiger partial charge in [-0.2, -0.15) is 5.10 Å². The summed E-state index contributed by atoms with van der Waals surface area (Å²) in [6.07, 6.45) is 4.76. The lowest BCUT2D eigenvalue weighted by Crippen LogP contribution is -2.24. The lowest BCUT2D eigenvalue weighted by atomic mass is 10.2. The number of hydrogen-bond acceptors (Lipinski definition) is 4. The Morgan fingerprint density at radius 2 is 2.26 bits per heavy atom. The second-order valence-electron chi connectivity index (χ2n) is 5.41. The highest BCUT2D eigenvalue weighted by molar-refractivity contribution is 6.33. The number of aryl methyl sites for hydroxylation is 1. The molecule has 7 heteroatoms. The summed E-state index contributed by atoms with van der Waals surface area (Å²) >= 11 is 6.10. The molecule has 1 aromatic heterocycles. The van der Waals surface area contributed by atoms with Crippen LogP contribution in [0.1, 0.15) is 28.8 Å². The summed E-state index contributed by atoms with van der Waals surface area (Å²) in [6, 6.07) is 4.96. The first-order valence-electron chi connectivity index (χ1n) is 7.29. The summed E-state index contributed by atoms with van der Waals surface area (Å²) in [6.45, 7) is 0.778. The molecule has 6 nitrogen and oxygen atoms in total. The maximum Gasteiger partial charge on any atom is 0.340 e. The molecule has 0 saturated carbocycles. The Labute approximate surface area is 138 Å². The molecule has 0 unspecified atom stereocenters. The summed E-state index contributed by atoms with van der Waals surface area (Å²) < 4.78 is 6.91. The van der Waals surface area contributed by atoms with Gasteiger partial charge in [0.15, 0.2) is 0 Å². The van der Waals surface area contributed by atoms with Crippen molar-refractivity contribution in [2.75, 3.05) is 11.4 Å². The van der Waals surface area contributed by atoms with Crippen molar-refractivity contribution in [3.63, 3.8) is 0 Å². The van der Waals surface area contributed by atoms with E-state index in [1.54, 1.807) is 47.2 Å². The van der Waals surface area contributed by atoms with Crippen LogP contribution in [0.2, 0.25) is 5.02 Å². The molecule has 0 N–H and O–H groups in total. The van der Waals surface area contributed by atoms with Crippen molar-refractivity contribution in [2.45, 2.75) is 19.4 Å². The van der Waals surface area contributed by atoms with Gasteiger partial charge in [0, 0.05) is 37.5 Å². The summed E-state index contributed by atoms with van der Waals surface area (Å²) in [7, 11) is 1.79. The Hall–Kier alpha value is -2.34. The molecular weight excluding hydrogens is 318 g/mol. The van der Waals surface area contributed by atoms with Gasteiger partial charge in [0.2, 0.25) is 5.91 Å². The molecule has 1 amide bonds. The number of benzene rings is 1. The molecule has 120 valence electrons. The number of halogens is 1. The number of carbonyl (C=O) groups is 2. The molecule has 2 heterocycles. The van der Waals surface area contributed by atoms with Gasteiger partial charge in [-0.25, -0.2) is 4.79 Å². The van der Waals surface area contributed by atoms with E-state index in [9.17, 15) is 9.59 Å². The van der Waals surface area contributed by atoms with E-state index in [-0.39, 0.29) is 18.1 Å². The molecule has 1 aromatic carbocycles. The number of aromatic nitrogens is 2. The van der Waals surface area contributed by atoms with Crippen LogP contribution in [0, 0.1) is 0 Å². The Morgan fingerprint density at radius 3 is 2.91 bits per heavy atom. The van der Waals surface area contributed by atoms with Crippen LogP contribution in [0.25, 0.3) is 0 Å². The standard InChI is InChI=1S/C16H16ClN3O3/c1-19-9-11(8-18-19)10-23-16(22)13-7-12(4-5-14(13)17)20-6-2-3-15(20)21/h4-5,7-9H,2-3,6,10H2,1H3. The van der Waals surface area contributed by atoms with Gasteiger partial charge in [-0.15, -0.1) is 0 Å². The average molecular weight is 334 g/mol. The third-order valence-corrected chi connectivity index (χ3v) is 4.01. The number of hydrogen-bond donors (Lipinski definition) is 0. The second-order valence-corrected chi connectivity index (χ2v) is 5.82. The molecule has 0 bridgehead atoms. The van der Waals surface area contributed by atoms with Gasteiger partial charge in [-0.1, -0.05) is 11.6 Å². The minimum Gasteiger partial charge on any atom is -0.457 e. The molecule has 23 heavy (non-hydrogen) atoms. The van der Waals surface area contributed by atoms with Gasteiger partial charge in [0.1, 0.15) is 6.61 Å². The Bertz CT molecular complexity index is 757. The van der Waals surface area contributed by atoms with Crippen molar-refractivity contribution < 1.29 is 14.3 Å². The smallest absolute Gasteiger partial charge is 0.340 e. The quantitative estimate of drug-likeness (QED) is 0.807. The zero-order chi connectivity index (χ0) is 16.4. The summed E-state index contributed by atoms with van der Waals surface area (Å²) in [5.41, 5.74) is 1.72. The first-order chi connectivity index (χ1) is 11.0. The highest BCUT2D eigenvalue weighted by atomic mass is 35.5. The van der Waals surface area contributed by atoms with E-state index < -0.39 is 5.97 Å². The molecule has 1 fully saturated rings. The van der Waals surface area contributed by atoms with Crippen LogP contribution in [-0.4, -0.2) is 28.2 Å². The van der Waals surface area contributed by atoms with E-state index in [0.717, 1.165) is 12.0 Å². The van der Waals surface area contributed by atoms with Crippen molar-refractivity contribution in [2.24, 2.45) is 7.05 Å². The van der Waals surface area contributed by atoms with Gasteiger partial charge in [0.25, 0.3) is 0 Å². The zero-order valence-electron chi connectivity index (χ0n) is 12.7. The third-order valence-electron chi connectivity index (χ3n) is 3.68. The summed E-state index contributed by atoms with van der Waals surface area (Å²) in [4.78, 5) is 25.7. The molecule has 0 radical (unpaired) electrons. The molecule has 1 aliphatic rings. The number of anilines is 1. The molecular formula is C16H16ClN3O3. The molecule has 0 atom stereocenters. The van der Waals surface area contributed by atoms with Crippen LogP contribution in [0.5, 0.6) is 0 Å². The maximum atomic E-state index is 12.3. The predicted molar refractivity (Wildman–Crippen MR) is 85.4 cm³/mol. The van der Waals surface area contributed by atoms with Crippen LogP contribution >= 0.6 is 11.6 Å². The zero-order valence-corrected chi connectivity index (χ0v) is 13.4. The Morgan fingerprint density at radius 1 is 1.43 bits per heavy atom. The molecule has 1 saturated heterocycles. The number of nitrogens with zero attached hydrogens (tertiary/aromatic N) is 3. The third kappa shape index (κ3) is 3.37. The van der Waals surface area contributed by atoms with Crippen molar-refractivity contribution >= 4 is 29.2 Å². The van der Waals surface area contributed by atoms with Crippen LogP contribution < -0.4 is 4.90 Å². The van der Waals surface area contributed by atoms with Crippen LogP contribution in [-0.2, 0) is 23.2 Å². The lowest BCUT2D eigenvalue weighted by Gasteiger charge is -2.17. The van der Waals surface area contributed by atoms with Crippen molar-refractivity contribution in [1.82, 2.24) is 9.78 Å². The van der Waals surface area contributed by atoms with E-state index in [4.69, 9.17) is 16.3 Å². The molecule has 2 aromatic rings. The van der Waals surface area contributed by atoms with Crippen molar-refractivity contribution in [3.05, 3.63) is 46.7 Å². The van der Waals surface area contributed by atoms with Gasteiger partial charge >= 0.3 is 5.97 Å². The van der Waals surface area contributed by atoms with Crippen LogP contribution in [0.4, 0.5) is 5.69 Å². The van der Waals surface area contributed by atoms with E-state index in [1.165, 1.54) is 0 Å².